The van der Waals surface area contributed by atoms with Crippen molar-refractivity contribution in [3.63, 3.8) is 0 Å². The Labute approximate surface area is 165 Å². The minimum atomic E-state index is -0.247. The van der Waals surface area contributed by atoms with Crippen LogP contribution in [0.3, 0.4) is 0 Å². The summed E-state index contributed by atoms with van der Waals surface area (Å²) in [6.07, 6.45) is 2.76. The standard InChI is InChI=1S/C22H27FN2O3/c1-27-20-10-7-17(14-21(20)28-2)19-4-3-13-25(19)15-22(26)24-12-11-16-5-8-18(23)9-6-16/h5-10,14,19H,3-4,11-13,15H2,1-2H3,(H,24,26). The van der Waals surface area contributed by atoms with Gasteiger partial charge < -0.3 is 14.8 Å². The van der Waals surface area contributed by atoms with Gasteiger partial charge in [0.05, 0.1) is 20.8 Å². The summed E-state index contributed by atoms with van der Waals surface area (Å²) in [6, 6.07) is 12.5. The molecule has 1 N–H and O–H groups in total. The van der Waals surface area contributed by atoms with E-state index in [4.69, 9.17) is 9.47 Å². The molecule has 0 aliphatic carbocycles. The number of carbonyl (C=O) groups excluding carboxylic acids is 1. The summed E-state index contributed by atoms with van der Waals surface area (Å²) in [5.74, 6) is 1.17. The highest BCUT2D eigenvalue weighted by Crippen LogP contribution is 2.36. The summed E-state index contributed by atoms with van der Waals surface area (Å²) in [4.78, 5) is 14.6. The molecule has 150 valence electrons. The number of amides is 1. The molecule has 0 radical (unpaired) electrons. The number of hydrogen-bond acceptors (Lipinski definition) is 4. The van der Waals surface area contributed by atoms with E-state index in [0.29, 0.717) is 31.0 Å². The normalized spacial score (nSPS) is 16.8. The Morgan fingerprint density at radius 1 is 1.14 bits per heavy atom. The molecule has 5 nitrogen and oxygen atoms in total. The fourth-order valence-corrected chi connectivity index (χ4v) is 3.69. The Hall–Kier alpha value is -2.60. The molecule has 1 aliphatic heterocycles. The molecule has 2 aromatic carbocycles. The van der Waals surface area contributed by atoms with E-state index in [1.165, 1.54) is 12.1 Å². The first-order chi connectivity index (χ1) is 13.6. The van der Waals surface area contributed by atoms with Crippen LogP contribution in [0.2, 0.25) is 0 Å². The van der Waals surface area contributed by atoms with Crippen LogP contribution in [-0.4, -0.2) is 44.7 Å². The molecule has 0 saturated carbocycles. The van der Waals surface area contributed by atoms with E-state index in [1.54, 1.807) is 26.4 Å². The van der Waals surface area contributed by atoms with Crippen molar-refractivity contribution < 1.29 is 18.7 Å². The first-order valence-electron chi connectivity index (χ1n) is 9.58. The Balaban J connectivity index is 1.54. The molecule has 1 atom stereocenters. The number of carbonyl (C=O) groups is 1. The number of likely N-dealkylation sites (tertiary alicyclic amines) is 1. The molecule has 1 amide bonds. The molecular weight excluding hydrogens is 359 g/mol. The van der Waals surface area contributed by atoms with Gasteiger partial charge in [-0.25, -0.2) is 4.39 Å². The lowest BCUT2D eigenvalue weighted by atomic mass is 10.0. The third kappa shape index (κ3) is 5.01. The second kappa shape index (κ2) is 9.55. The van der Waals surface area contributed by atoms with Crippen LogP contribution in [0.15, 0.2) is 42.5 Å². The van der Waals surface area contributed by atoms with E-state index in [-0.39, 0.29) is 17.8 Å². The summed E-state index contributed by atoms with van der Waals surface area (Å²) in [5.41, 5.74) is 2.14. The van der Waals surface area contributed by atoms with Crippen molar-refractivity contribution in [1.29, 1.82) is 0 Å². The average Bonchev–Trinajstić information content (AvgIpc) is 3.17. The number of hydrogen-bond donors (Lipinski definition) is 1. The van der Waals surface area contributed by atoms with Gasteiger partial charge in [-0.1, -0.05) is 18.2 Å². The third-order valence-electron chi connectivity index (χ3n) is 5.15. The van der Waals surface area contributed by atoms with Gasteiger partial charge in [-0.15, -0.1) is 0 Å². The van der Waals surface area contributed by atoms with Crippen LogP contribution in [-0.2, 0) is 11.2 Å². The fourth-order valence-electron chi connectivity index (χ4n) is 3.69. The smallest absolute Gasteiger partial charge is 0.234 e. The Bertz CT molecular complexity index is 795. The van der Waals surface area contributed by atoms with Crippen LogP contribution < -0.4 is 14.8 Å². The number of rotatable bonds is 8. The molecule has 0 spiro atoms. The molecule has 28 heavy (non-hydrogen) atoms. The zero-order chi connectivity index (χ0) is 19.9. The van der Waals surface area contributed by atoms with Gasteiger partial charge in [0, 0.05) is 12.6 Å². The number of nitrogens with zero attached hydrogens (tertiary/aromatic N) is 1. The predicted octanol–water partition coefficient (Wildman–Crippen LogP) is 3.34. The number of halogens is 1. The van der Waals surface area contributed by atoms with Crippen LogP contribution in [0.5, 0.6) is 11.5 Å². The highest BCUT2D eigenvalue weighted by atomic mass is 19.1. The van der Waals surface area contributed by atoms with Gasteiger partial charge in [0.1, 0.15) is 5.82 Å². The summed E-state index contributed by atoms with van der Waals surface area (Å²) in [5, 5.41) is 2.97. The second-order valence-electron chi connectivity index (χ2n) is 6.97. The lowest BCUT2D eigenvalue weighted by Crippen LogP contribution is -2.37. The highest BCUT2D eigenvalue weighted by Gasteiger charge is 2.28. The number of nitrogens with one attached hydrogen (secondary N) is 1. The van der Waals surface area contributed by atoms with E-state index in [1.807, 2.05) is 18.2 Å². The number of benzene rings is 2. The summed E-state index contributed by atoms with van der Waals surface area (Å²) >= 11 is 0. The maximum absolute atomic E-state index is 12.9. The van der Waals surface area contributed by atoms with Crippen molar-refractivity contribution in [2.75, 3.05) is 33.9 Å². The monoisotopic (exact) mass is 386 g/mol. The van der Waals surface area contributed by atoms with Gasteiger partial charge in [0.25, 0.3) is 0 Å². The minimum Gasteiger partial charge on any atom is -0.493 e. The summed E-state index contributed by atoms with van der Waals surface area (Å²) < 4.78 is 23.7. The van der Waals surface area contributed by atoms with Crippen LogP contribution in [0.25, 0.3) is 0 Å². The van der Waals surface area contributed by atoms with Crippen LogP contribution >= 0.6 is 0 Å². The van der Waals surface area contributed by atoms with Crippen molar-refractivity contribution in [2.45, 2.75) is 25.3 Å². The quantitative estimate of drug-likeness (QED) is 0.756. The fraction of sp³-hybridized carbons (Fsp3) is 0.409. The molecule has 1 fully saturated rings. The van der Waals surface area contributed by atoms with Gasteiger partial charge in [-0.05, 0) is 61.2 Å². The second-order valence-corrected chi connectivity index (χ2v) is 6.97. The number of methoxy groups -OCH3 is 2. The molecule has 0 bridgehead atoms. The molecule has 6 heteroatoms. The third-order valence-corrected chi connectivity index (χ3v) is 5.15. The van der Waals surface area contributed by atoms with Gasteiger partial charge in [0.2, 0.25) is 5.91 Å². The van der Waals surface area contributed by atoms with Crippen molar-refractivity contribution in [3.8, 4) is 11.5 Å². The van der Waals surface area contributed by atoms with Gasteiger partial charge in [-0.3, -0.25) is 9.69 Å². The van der Waals surface area contributed by atoms with Crippen LogP contribution in [0.1, 0.15) is 30.0 Å². The molecule has 1 aliphatic rings. The molecule has 1 saturated heterocycles. The largest absolute Gasteiger partial charge is 0.493 e. The minimum absolute atomic E-state index is 0.00879. The zero-order valence-corrected chi connectivity index (χ0v) is 16.4. The van der Waals surface area contributed by atoms with Gasteiger partial charge in [-0.2, -0.15) is 0 Å². The highest BCUT2D eigenvalue weighted by molar-refractivity contribution is 5.78. The first kappa shape index (κ1) is 20.1. The van der Waals surface area contributed by atoms with Crippen LogP contribution in [0, 0.1) is 5.82 Å². The van der Waals surface area contributed by atoms with Crippen molar-refractivity contribution >= 4 is 5.91 Å². The van der Waals surface area contributed by atoms with Crippen LogP contribution in [0.4, 0.5) is 4.39 Å². The van der Waals surface area contributed by atoms with E-state index >= 15 is 0 Å². The molecular formula is C22H27FN2O3. The van der Waals surface area contributed by atoms with E-state index in [2.05, 4.69) is 10.2 Å². The van der Waals surface area contributed by atoms with Crippen molar-refractivity contribution in [3.05, 3.63) is 59.4 Å². The van der Waals surface area contributed by atoms with Crippen molar-refractivity contribution in [2.24, 2.45) is 0 Å². The summed E-state index contributed by atoms with van der Waals surface area (Å²) in [7, 11) is 3.25. The molecule has 1 heterocycles. The lowest BCUT2D eigenvalue weighted by molar-refractivity contribution is -0.122. The molecule has 2 aromatic rings. The van der Waals surface area contributed by atoms with E-state index < -0.39 is 0 Å². The first-order valence-corrected chi connectivity index (χ1v) is 9.58. The molecule has 1 unspecified atom stereocenters. The maximum Gasteiger partial charge on any atom is 0.234 e. The van der Waals surface area contributed by atoms with E-state index in [9.17, 15) is 9.18 Å². The van der Waals surface area contributed by atoms with Gasteiger partial charge >= 0.3 is 0 Å². The Morgan fingerprint density at radius 2 is 1.89 bits per heavy atom. The predicted molar refractivity (Wildman–Crippen MR) is 106 cm³/mol. The molecule has 0 aromatic heterocycles. The van der Waals surface area contributed by atoms with Gasteiger partial charge in [0.15, 0.2) is 11.5 Å². The zero-order valence-electron chi connectivity index (χ0n) is 16.4. The summed E-state index contributed by atoms with van der Waals surface area (Å²) in [6.45, 7) is 1.80. The molecule has 3 rings (SSSR count). The van der Waals surface area contributed by atoms with E-state index in [0.717, 1.165) is 30.5 Å². The SMILES string of the molecule is COc1ccc(C2CCCN2CC(=O)NCCc2ccc(F)cc2)cc1OC. The van der Waals surface area contributed by atoms with Crippen molar-refractivity contribution in [1.82, 2.24) is 10.2 Å². The number of ether oxygens (including phenoxy) is 2. The topological polar surface area (TPSA) is 50.8 Å². The lowest BCUT2D eigenvalue weighted by Gasteiger charge is -2.25. The maximum atomic E-state index is 12.9. The average molecular weight is 386 g/mol. The Morgan fingerprint density at radius 3 is 2.61 bits per heavy atom. The Kier molecular flexibility index (Phi) is 6.87.